The van der Waals surface area contributed by atoms with Crippen LogP contribution in [0, 0.1) is 5.92 Å². The molecule has 1 fully saturated rings. The van der Waals surface area contributed by atoms with Crippen molar-refractivity contribution in [1.82, 2.24) is 0 Å². The van der Waals surface area contributed by atoms with Crippen molar-refractivity contribution in [2.45, 2.75) is 38.1 Å². The number of methoxy groups -OCH3 is 1. The van der Waals surface area contributed by atoms with Gasteiger partial charge in [-0.2, -0.15) is 0 Å². The zero-order valence-corrected chi connectivity index (χ0v) is 12.3. The average Bonchev–Trinajstić information content (AvgIpc) is 2.49. The molecule has 21 heavy (non-hydrogen) atoms. The molecule has 1 aliphatic carbocycles. The third-order valence-electron chi connectivity index (χ3n) is 4.01. The van der Waals surface area contributed by atoms with Crippen molar-refractivity contribution in [3.05, 3.63) is 29.8 Å². The lowest BCUT2D eigenvalue weighted by Crippen LogP contribution is -2.35. The summed E-state index contributed by atoms with van der Waals surface area (Å²) in [5.41, 5.74) is 7.20. The second-order valence-electron chi connectivity index (χ2n) is 5.53. The van der Waals surface area contributed by atoms with Crippen LogP contribution in [0.25, 0.3) is 0 Å². The number of nitrogens with one attached hydrogen (secondary N) is 1. The van der Waals surface area contributed by atoms with Crippen LogP contribution in [0.3, 0.4) is 0 Å². The fourth-order valence-electron chi connectivity index (χ4n) is 2.75. The number of ether oxygens (including phenoxy) is 1. The lowest BCUT2D eigenvalue weighted by atomic mass is 9.83. The van der Waals surface area contributed by atoms with Gasteiger partial charge >= 0.3 is 5.97 Å². The molecule has 5 nitrogen and oxygen atoms in total. The largest absolute Gasteiger partial charge is 0.465 e. The second-order valence-corrected chi connectivity index (χ2v) is 5.53. The molecular weight excluding hydrogens is 268 g/mol. The monoisotopic (exact) mass is 290 g/mol. The zero-order chi connectivity index (χ0) is 15.2. The SMILES string of the molecule is COC(=O)c1ccc(NC(=O)CC2CCCCC2N)cc1. The Morgan fingerprint density at radius 1 is 1.24 bits per heavy atom. The highest BCUT2D eigenvalue weighted by Crippen LogP contribution is 2.26. The summed E-state index contributed by atoms with van der Waals surface area (Å²) in [7, 11) is 1.34. The summed E-state index contributed by atoms with van der Waals surface area (Å²) in [4.78, 5) is 23.4. The number of carbonyl (C=O) groups excluding carboxylic acids is 2. The summed E-state index contributed by atoms with van der Waals surface area (Å²) >= 11 is 0. The number of esters is 1. The highest BCUT2D eigenvalue weighted by molar-refractivity contribution is 5.93. The molecule has 0 spiro atoms. The predicted molar refractivity (Wildman–Crippen MR) is 81.0 cm³/mol. The van der Waals surface area contributed by atoms with Gasteiger partial charge in [0.05, 0.1) is 12.7 Å². The number of nitrogens with two attached hydrogens (primary N) is 1. The van der Waals surface area contributed by atoms with Gasteiger partial charge in [0.2, 0.25) is 5.91 Å². The molecule has 1 amide bonds. The Morgan fingerprint density at radius 3 is 2.52 bits per heavy atom. The highest BCUT2D eigenvalue weighted by Gasteiger charge is 2.24. The molecular formula is C16H22N2O3. The van der Waals surface area contributed by atoms with E-state index in [1.54, 1.807) is 24.3 Å². The molecule has 3 N–H and O–H groups in total. The molecule has 1 aromatic rings. The number of carbonyl (C=O) groups is 2. The van der Waals surface area contributed by atoms with Crippen molar-refractivity contribution in [3.8, 4) is 0 Å². The van der Waals surface area contributed by atoms with Crippen LogP contribution in [0.4, 0.5) is 5.69 Å². The van der Waals surface area contributed by atoms with Gasteiger partial charge in [0.15, 0.2) is 0 Å². The van der Waals surface area contributed by atoms with Crippen LogP contribution in [0.5, 0.6) is 0 Å². The number of rotatable bonds is 4. The van der Waals surface area contributed by atoms with E-state index in [-0.39, 0.29) is 23.8 Å². The molecule has 0 aromatic heterocycles. The van der Waals surface area contributed by atoms with E-state index in [4.69, 9.17) is 5.73 Å². The topological polar surface area (TPSA) is 81.4 Å². The van der Waals surface area contributed by atoms with E-state index in [9.17, 15) is 9.59 Å². The van der Waals surface area contributed by atoms with Crippen LogP contribution in [0.2, 0.25) is 0 Å². The first-order chi connectivity index (χ1) is 10.1. The predicted octanol–water partition coefficient (Wildman–Crippen LogP) is 2.32. The minimum Gasteiger partial charge on any atom is -0.465 e. The van der Waals surface area contributed by atoms with Crippen LogP contribution < -0.4 is 11.1 Å². The Morgan fingerprint density at radius 2 is 1.90 bits per heavy atom. The van der Waals surface area contributed by atoms with E-state index in [1.807, 2.05) is 0 Å². The molecule has 0 bridgehead atoms. The van der Waals surface area contributed by atoms with E-state index in [1.165, 1.54) is 7.11 Å². The summed E-state index contributed by atoms with van der Waals surface area (Å²) in [5.74, 6) is -0.141. The Labute approximate surface area is 124 Å². The molecule has 2 atom stereocenters. The van der Waals surface area contributed by atoms with Gasteiger partial charge in [0.1, 0.15) is 0 Å². The Hall–Kier alpha value is -1.88. The van der Waals surface area contributed by atoms with Crippen molar-refractivity contribution in [3.63, 3.8) is 0 Å². The Bertz CT molecular complexity index is 499. The Kier molecular flexibility index (Phi) is 5.33. The average molecular weight is 290 g/mol. The van der Waals surface area contributed by atoms with E-state index in [0.717, 1.165) is 25.7 Å². The van der Waals surface area contributed by atoms with Gasteiger partial charge in [-0.3, -0.25) is 4.79 Å². The lowest BCUT2D eigenvalue weighted by Gasteiger charge is -2.27. The number of hydrogen-bond donors (Lipinski definition) is 2. The van der Waals surface area contributed by atoms with E-state index < -0.39 is 0 Å². The first kappa shape index (κ1) is 15.5. The first-order valence-electron chi connectivity index (χ1n) is 7.34. The highest BCUT2D eigenvalue weighted by atomic mass is 16.5. The van der Waals surface area contributed by atoms with Gasteiger partial charge in [-0.15, -0.1) is 0 Å². The van der Waals surface area contributed by atoms with Crippen LogP contribution in [-0.4, -0.2) is 25.0 Å². The molecule has 2 rings (SSSR count). The van der Waals surface area contributed by atoms with Crippen LogP contribution in [0.15, 0.2) is 24.3 Å². The quantitative estimate of drug-likeness (QED) is 0.834. The van der Waals surface area contributed by atoms with Crippen molar-refractivity contribution < 1.29 is 14.3 Å². The molecule has 2 unspecified atom stereocenters. The maximum atomic E-state index is 12.0. The van der Waals surface area contributed by atoms with E-state index in [0.29, 0.717) is 17.7 Å². The van der Waals surface area contributed by atoms with Crippen LogP contribution >= 0.6 is 0 Å². The number of benzene rings is 1. The third kappa shape index (κ3) is 4.29. The summed E-state index contributed by atoms with van der Waals surface area (Å²) in [6.45, 7) is 0. The standard InChI is InChI=1S/C16H22N2O3/c1-21-16(20)11-6-8-13(9-7-11)18-15(19)10-12-4-2-3-5-14(12)17/h6-9,12,14H,2-5,10,17H2,1H3,(H,18,19). The van der Waals surface area contributed by atoms with E-state index in [2.05, 4.69) is 10.1 Å². The zero-order valence-electron chi connectivity index (χ0n) is 12.3. The molecule has 1 saturated carbocycles. The second kappa shape index (κ2) is 7.22. The fraction of sp³-hybridized carbons (Fsp3) is 0.500. The van der Waals surface area contributed by atoms with Gasteiger partial charge in [0.25, 0.3) is 0 Å². The smallest absolute Gasteiger partial charge is 0.337 e. The molecule has 5 heteroatoms. The molecule has 1 aliphatic rings. The normalized spacial score (nSPS) is 21.6. The molecule has 114 valence electrons. The molecule has 0 saturated heterocycles. The minimum absolute atomic E-state index is 0.0248. The fourth-order valence-corrected chi connectivity index (χ4v) is 2.75. The summed E-state index contributed by atoms with van der Waals surface area (Å²) < 4.78 is 4.63. The number of hydrogen-bond acceptors (Lipinski definition) is 4. The van der Waals surface area contributed by atoms with E-state index >= 15 is 0 Å². The van der Waals surface area contributed by atoms with Crippen molar-refractivity contribution >= 4 is 17.6 Å². The minimum atomic E-state index is -0.388. The number of amides is 1. The Balaban J connectivity index is 1.88. The summed E-state index contributed by atoms with van der Waals surface area (Å²) in [6, 6.07) is 6.79. The van der Waals surface area contributed by atoms with Gasteiger partial charge in [-0.1, -0.05) is 12.8 Å². The maximum Gasteiger partial charge on any atom is 0.337 e. The van der Waals surface area contributed by atoms with Gasteiger partial charge in [-0.25, -0.2) is 4.79 Å². The first-order valence-corrected chi connectivity index (χ1v) is 7.34. The van der Waals surface area contributed by atoms with Crippen LogP contribution in [-0.2, 0) is 9.53 Å². The van der Waals surface area contributed by atoms with Gasteiger partial charge < -0.3 is 15.8 Å². The molecule has 1 aromatic carbocycles. The molecule has 0 radical (unpaired) electrons. The van der Waals surface area contributed by atoms with Gasteiger partial charge in [-0.05, 0) is 43.0 Å². The molecule has 0 heterocycles. The molecule has 0 aliphatic heterocycles. The maximum absolute atomic E-state index is 12.0. The van der Waals surface area contributed by atoms with Crippen molar-refractivity contribution in [2.75, 3.05) is 12.4 Å². The van der Waals surface area contributed by atoms with Crippen LogP contribution in [0.1, 0.15) is 42.5 Å². The summed E-state index contributed by atoms with van der Waals surface area (Å²) in [6.07, 6.45) is 4.80. The lowest BCUT2D eigenvalue weighted by molar-refractivity contribution is -0.117. The third-order valence-corrected chi connectivity index (χ3v) is 4.01. The summed E-state index contributed by atoms with van der Waals surface area (Å²) in [5, 5.41) is 2.85. The van der Waals surface area contributed by atoms with Crippen molar-refractivity contribution in [2.24, 2.45) is 11.7 Å². The van der Waals surface area contributed by atoms with Gasteiger partial charge in [0, 0.05) is 18.2 Å². The number of anilines is 1. The van der Waals surface area contributed by atoms with Crippen molar-refractivity contribution in [1.29, 1.82) is 0 Å².